The second kappa shape index (κ2) is 13.7. The summed E-state index contributed by atoms with van der Waals surface area (Å²) < 4.78 is 48.5. The van der Waals surface area contributed by atoms with Gasteiger partial charge in [0.05, 0.1) is 17.4 Å². The molecule has 0 bridgehead atoms. The number of benzene rings is 1. The standard InChI is InChI=1S/C35H41ClFN7O8S/c1-19-5-3-4-6-21-16-35(21,31(47)42-53(50,51)34(18-37)9-10-34)41-28(45)26-15-23(17-44(26)30(46)27(20(2)13-19)39-33(48)49)52-29-24-14-22(36)7-8-25(24)43-12-11-38-32(43)40-29/h4,6-8,11-12,14,19-21,23,26-27,39H,3,5,9-10,13,15-18H2,1-2H3,(H,41,45)(H,42,47)(H,48,49)/b6-4-/t19-,20+,21+,23+,26-,27-,35+/m0/s1. The molecule has 4 amide bonds. The van der Waals surface area contributed by atoms with Crippen molar-refractivity contribution in [3.05, 3.63) is 47.8 Å². The molecule has 53 heavy (non-hydrogen) atoms. The first-order chi connectivity index (χ1) is 25.2. The number of sulfonamides is 1. The summed E-state index contributed by atoms with van der Waals surface area (Å²) in [6.07, 6.45) is 6.64. The Morgan fingerprint density at radius 2 is 1.98 bits per heavy atom. The van der Waals surface area contributed by atoms with E-state index in [4.69, 9.17) is 16.3 Å². The molecule has 284 valence electrons. The lowest BCUT2D eigenvalue weighted by molar-refractivity contribution is -0.142. The van der Waals surface area contributed by atoms with Crippen molar-refractivity contribution in [1.82, 2.24) is 34.6 Å². The number of carbonyl (C=O) groups is 4. The summed E-state index contributed by atoms with van der Waals surface area (Å²) in [6, 6.07) is 2.70. The summed E-state index contributed by atoms with van der Waals surface area (Å²) in [5.74, 6) is -2.85. The van der Waals surface area contributed by atoms with Crippen molar-refractivity contribution in [2.75, 3.05) is 13.2 Å². The average molecular weight is 774 g/mol. The Bertz CT molecular complexity index is 2130. The SMILES string of the molecule is C[C@H]1CC/C=C\[C@@H]2C[C@@]2(C(=O)NS(=O)(=O)C2(CF)CC2)NC(=O)[C@@H]2C[C@@H](Oc3nc4nccn4c4ccc(Cl)cc34)CN2C(=O)[C@@H](NC(=O)O)[C@H](C)C1. The van der Waals surface area contributed by atoms with E-state index in [2.05, 4.69) is 20.6 Å². The second-order valence-corrected chi connectivity index (χ2v) is 17.4. The third-order valence-corrected chi connectivity index (χ3v) is 13.4. The monoisotopic (exact) mass is 773 g/mol. The number of halogens is 2. The van der Waals surface area contributed by atoms with E-state index in [1.54, 1.807) is 48.0 Å². The van der Waals surface area contributed by atoms with E-state index in [1.165, 1.54) is 4.90 Å². The minimum Gasteiger partial charge on any atom is -0.472 e. The molecular weight excluding hydrogens is 733 g/mol. The first-order valence-corrected chi connectivity index (χ1v) is 19.5. The third kappa shape index (κ3) is 6.88. The van der Waals surface area contributed by atoms with Crippen molar-refractivity contribution in [2.45, 2.75) is 87.3 Å². The van der Waals surface area contributed by atoms with Gasteiger partial charge in [0.25, 0.3) is 5.91 Å². The van der Waals surface area contributed by atoms with E-state index in [0.717, 1.165) is 0 Å². The highest BCUT2D eigenvalue weighted by Crippen LogP contribution is 2.48. The molecule has 4 heterocycles. The predicted octanol–water partition coefficient (Wildman–Crippen LogP) is 3.36. The van der Waals surface area contributed by atoms with Crippen LogP contribution < -0.4 is 20.1 Å². The number of ether oxygens (including phenoxy) is 1. The smallest absolute Gasteiger partial charge is 0.405 e. The van der Waals surface area contributed by atoms with Crippen LogP contribution in [0.1, 0.15) is 58.8 Å². The van der Waals surface area contributed by atoms with Crippen LogP contribution in [0.3, 0.4) is 0 Å². The van der Waals surface area contributed by atoms with Gasteiger partial charge in [-0.1, -0.05) is 37.6 Å². The van der Waals surface area contributed by atoms with Gasteiger partial charge in [-0.2, -0.15) is 4.98 Å². The lowest BCUT2D eigenvalue weighted by atomic mass is 9.88. The Hall–Kier alpha value is -4.51. The molecule has 4 N–H and O–H groups in total. The molecule has 18 heteroatoms. The summed E-state index contributed by atoms with van der Waals surface area (Å²) in [7, 11) is -4.40. The van der Waals surface area contributed by atoms with Gasteiger partial charge in [0.1, 0.15) is 35.1 Å². The quantitative estimate of drug-likeness (QED) is 0.258. The Balaban J connectivity index is 1.24. The summed E-state index contributed by atoms with van der Waals surface area (Å²) in [5, 5.41) is 15.9. The van der Waals surface area contributed by atoms with Gasteiger partial charge in [-0.15, -0.1) is 0 Å². The minimum atomic E-state index is -4.40. The fraction of sp³-hybridized carbons (Fsp3) is 0.543. The molecule has 3 fully saturated rings. The lowest BCUT2D eigenvalue weighted by Crippen LogP contribution is -2.59. The Morgan fingerprint density at radius 3 is 2.70 bits per heavy atom. The van der Waals surface area contributed by atoms with E-state index in [-0.39, 0.29) is 44.0 Å². The fourth-order valence-corrected chi connectivity index (χ4v) is 9.34. The highest BCUT2D eigenvalue weighted by atomic mass is 35.5. The topological polar surface area (TPSA) is 201 Å². The number of amides is 4. The van der Waals surface area contributed by atoms with Gasteiger partial charge >= 0.3 is 6.09 Å². The molecule has 7 rings (SSSR count). The molecule has 0 unspecified atom stereocenters. The highest BCUT2D eigenvalue weighted by Gasteiger charge is 2.64. The third-order valence-electron chi connectivity index (χ3n) is 11.1. The number of hydrogen-bond acceptors (Lipinski definition) is 9. The normalized spacial score (nSPS) is 30.7. The van der Waals surface area contributed by atoms with Crippen molar-refractivity contribution in [2.24, 2.45) is 17.8 Å². The zero-order valence-corrected chi connectivity index (χ0v) is 30.7. The maximum Gasteiger partial charge on any atom is 0.405 e. The Morgan fingerprint density at radius 1 is 1.21 bits per heavy atom. The van der Waals surface area contributed by atoms with Crippen LogP contribution in [0.5, 0.6) is 5.88 Å². The van der Waals surface area contributed by atoms with E-state index in [1.807, 2.05) is 17.7 Å². The Kier molecular flexibility index (Phi) is 9.54. The molecule has 2 aliphatic carbocycles. The van der Waals surface area contributed by atoms with Crippen LogP contribution in [0.15, 0.2) is 42.7 Å². The van der Waals surface area contributed by atoms with E-state index in [9.17, 15) is 37.1 Å². The predicted molar refractivity (Wildman–Crippen MR) is 190 cm³/mol. The molecule has 4 aliphatic rings. The number of rotatable bonds is 7. The molecule has 0 radical (unpaired) electrons. The zero-order valence-electron chi connectivity index (χ0n) is 29.1. The van der Waals surface area contributed by atoms with Gasteiger partial charge in [-0.25, -0.2) is 22.6 Å². The summed E-state index contributed by atoms with van der Waals surface area (Å²) >= 11 is 6.35. The first-order valence-electron chi connectivity index (χ1n) is 17.7. The largest absolute Gasteiger partial charge is 0.472 e. The van der Waals surface area contributed by atoms with E-state index >= 15 is 0 Å². The van der Waals surface area contributed by atoms with Gasteiger partial charge in [0.2, 0.25) is 33.5 Å². The van der Waals surface area contributed by atoms with Gasteiger partial charge in [0, 0.05) is 29.8 Å². The first kappa shape index (κ1) is 36.8. The molecule has 15 nitrogen and oxygen atoms in total. The number of nitrogens with zero attached hydrogens (tertiary/aromatic N) is 4. The van der Waals surface area contributed by atoms with Gasteiger partial charge in [-0.3, -0.25) is 23.5 Å². The van der Waals surface area contributed by atoms with Crippen LogP contribution >= 0.6 is 11.6 Å². The summed E-state index contributed by atoms with van der Waals surface area (Å²) in [5.41, 5.74) is -0.989. The number of nitrogens with one attached hydrogen (secondary N) is 3. The highest BCUT2D eigenvalue weighted by molar-refractivity contribution is 7.91. The van der Waals surface area contributed by atoms with Gasteiger partial charge in [0.15, 0.2) is 0 Å². The molecule has 1 aromatic carbocycles. The fourth-order valence-electron chi connectivity index (χ4n) is 7.74. The number of imidazole rings is 1. The van der Waals surface area contributed by atoms with Crippen LogP contribution in [-0.4, -0.2) is 98.3 Å². The van der Waals surface area contributed by atoms with Crippen molar-refractivity contribution in [1.29, 1.82) is 0 Å². The van der Waals surface area contributed by atoms with Gasteiger partial charge < -0.3 is 25.4 Å². The van der Waals surface area contributed by atoms with Crippen molar-refractivity contribution in [3.63, 3.8) is 0 Å². The molecule has 1 saturated heterocycles. The van der Waals surface area contributed by atoms with Crippen molar-refractivity contribution >= 4 is 62.1 Å². The summed E-state index contributed by atoms with van der Waals surface area (Å²) in [6.45, 7) is 2.48. The number of alkyl halides is 1. The maximum absolute atomic E-state index is 14.4. The van der Waals surface area contributed by atoms with Crippen LogP contribution in [0.25, 0.3) is 16.7 Å². The number of carbonyl (C=O) groups excluding carboxylic acids is 3. The molecule has 3 aromatic rings. The van der Waals surface area contributed by atoms with Gasteiger partial charge in [-0.05, 0) is 68.6 Å². The van der Waals surface area contributed by atoms with Crippen LogP contribution in [0.4, 0.5) is 9.18 Å². The zero-order chi connectivity index (χ0) is 37.9. The Labute approximate surface area is 309 Å². The van der Waals surface area contributed by atoms with Crippen LogP contribution in [0.2, 0.25) is 5.02 Å². The van der Waals surface area contributed by atoms with E-state index < -0.39 is 80.8 Å². The molecule has 2 aromatic heterocycles. The lowest BCUT2D eigenvalue weighted by Gasteiger charge is -2.32. The van der Waals surface area contributed by atoms with Crippen LogP contribution in [-0.2, 0) is 24.4 Å². The number of hydrogen-bond donors (Lipinski definition) is 4. The van der Waals surface area contributed by atoms with Crippen LogP contribution in [0, 0.1) is 17.8 Å². The maximum atomic E-state index is 14.4. The number of fused-ring (bicyclic) bond motifs is 5. The molecule has 0 spiro atoms. The number of carboxylic acid groups (broad SMARTS) is 1. The van der Waals surface area contributed by atoms with Crippen molar-refractivity contribution in [3.8, 4) is 5.88 Å². The minimum absolute atomic E-state index is 0.0708. The second-order valence-electron chi connectivity index (χ2n) is 14.9. The molecule has 7 atom stereocenters. The molecule has 2 saturated carbocycles. The molecular formula is C35H41ClFN7O8S. The van der Waals surface area contributed by atoms with E-state index in [0.29, 0.717) is 41.0 Å². The average Bonchev–Trinajstić information content (AvgIpc) is 3.94. The number of aromatic nitrogens is 3. The summed E-state index contributed by atoms with van der Waals surface area (Å²) in [4.78, 5) is 64.7. The molecule has 2 aliphatic heterocycles. The number of allylic oxidation sites excluding steroid dienone is 1. The van der Waals surface area contributed by atoms with Crippen molar-refractivity contribution < 1.29 is 41.8 Å².